The van der Waals surface area contributed by atoms with Crippen LogP contribution in [0.1, 0.15) is 19.3 Å². The number of halogens is 1. The standard InChI is InChI=1S/C9H15ClO3/c10-6-8-13-9(12)5-3-1-2-4-7-11/h2,4,11H,1,3,5-8H2. The largest absolute Gasteiger partial charge is 0.464 e. The minimum atomic E-state index is -0.210. The van der Waals surface area contributed by atoms with Gasteiger partial charge >= 0.3 is 5.97 Å². The Labute approximate surface area is 83.3 Å². The third-order valence-corrected chi connectivity index (χ3v) is 1.52. The summed E-state index contributed by atoms with van der Waals surface area (Å²) in [5, 5.41) is 8.40. The van der Waals surface area contributed by atoms with Crippen LogP contribution in [-0.4, -0.2) is 30.2 Å². The van der Waals surface area contributed by atoms with E-state index in [9.17, 15) is 4.79 Å². The fourth-order valence-corrected chi connectivity index (χ4v) is 0.858. The molecule has 0 saturated heterocycles. The van der Waals surface area contributed by atoms with Crippen LogP contribution < -0.4 is 0 Å². The summed E-state index contributed by atoms with van der Waals surface area (Å²) >= 11 is 5.33. The van der Waals surface area contributed by atoms with Crippen LogP contribution in [0.2, 0.25) is 0 Å². The summed E-state index contributed by atoms with van der Waals surface area (Å²) < 4.78 is 4.75. The highest BCUT2D eigenvalue weighted by Gasteiger charge is 1.99. The molecule has 0 rings (SSSR count). The molecule has 0 amide bonds. The number of hydrogen-bond donors (Lipinski definition) is 1. The molecule has 0 atom stereocenters. The third kappa shape index (κ3) is 9.37. The summed E-state index contributed by atoms with van der Waals surface area (Å²) in [6.07, 6.45) is 5.44. The average Bonchev–Trinajstić information content (AvgIpc) is 2.14. The Kier molecular flexibility index (Phi) is 9.15. The lowest BCUT2D eigenvalue weighted by molar-refractivity contribution is -0.143. The Morgan fingerprint density at radius 1 is 1.46 bits per heavy atom. The first-order valence-electron chi connectivity index (χ1n) is 4.28. The Morgan fingerprint density at radius 2 is 2.23 bits per heavy atom. The maximum Gasteiger partial charge on any atom is 0.305 e. The number of allylic oxidation sites excluding steroid dienone is 1. The summed E-state index contributed by atoms with van der Waals surface area (Å²) in [6, 6.07) is 0. The summed E-state index contributed by atoms with van der Waals surface area (Å²) in [6.45, 7) is 0.337. The van der Waals surface area contributed by atoms with Crippen molar-refractivity contribution >= 4 is 17.6 Å². The molecule has 0 saturated carbocycles. The maximum atomic E-state index is 10.9. The molecule has 0 aromatic heterocycles. The Morgan fingerprint density at radius 3 is 2.85 bits per heavy atom. The third-order valence-electron chi connectivity index (χ3n) is 1.36. The normalized spacial score (nSPS) is 10.6. The second-order valence-electron chi connectivity index (χ2n) is 2.46. The molecule has 3 nitrogen and oxygen atoms in total. The Balaban J connectivity index is 3.21. The first kappa shape index (κ1) is 12.5. The highest BCUT2D eigenvalue weighted by atomic mass is 35.5. The highest BCUT2D eigenvalue weighted by Crippen LogP contribution is 1.98. The molecule has 0 unspecified atom stereocenters. The fraction of sp³-hybridized carbons (Fsp3) is 0.667. The Bertz CT molecular complexity index is 157. The van der Waals surface area contributed by atoms with Crippen molar-refractivity contribution in [2.24, 2.45) is 0 Å². The first-order valence-corrected chi connectivity index (χ1v) is 4.82. The number of esters is 1. The van der Waals surface area contributed by atoms with E-state index in [0.29, 0.717) is 12.3 Å². The van der Waals surface area contributed by atoms with Gasteiger partial charge in [0.1, 0.15) is 6.61 Å². The van der Waals surface area contributed by atoms with Crippen LogP contribution >= 0.6 is 11.6 Å². The van der Waals surface area contributed by atoms with E-state index in [2.05, 4.69) is 0 Å². The molecule has 0 spiro atoms. The second kappa shape index (κ2) is 9.55. The monoisotopic (exact) mass is 206 g/mol. The number of carbonyl (C=O) groups is 1. The van der Waals surface area contributed by atoms with Crippen molar-refractivity contribution in [2.45, 2.75) is 19.3 Å². The smallest absolute Gasteiger partial charge is 0.305 e. The predicted molar refractivity (Wildman–Crippen MR) is 51.8 cm³/mol. The number of unbranched alkanes of at least 4 members (excludes halogenated alkanes) is 1. The fourth-order valence-electron chi connectivity index (χ4n) is 0.781. The molecule has 0 heterocycles. The van der Waals surface area contributed by atoms with E-state index in [1.165, 1.54) is 0 Å². The SMILES string of the molecule is O=C(CCCC=CCO)OCCCl. The van der Waals surface area contributed by atoms with E-state index >= 15 is 0 Å². The van der Waals surface area contributed by atoms with Crippen molar-refractivity contribution in [3.8, 4) is 0 Å². The zero-order chi connectivity index (χ0) is 9.94. The maximum absolute atomic E-state index is 10.9. The van der Waals surface area contributed by atoms with Gasteiger partial charge in [0.05, 0.1) is 12.5 Å². The van der Waals surface area contributed by atoms with Crippen molar-refractivity contribution in [1.29, 1.82) is 0 Å². The van der Waals surface area contributed by atoms with Crippen LogP contribution in [0.25, 0.3) is 0 Å². The summed E-state index contributed by atoms with van der Waals surface area (Å²) in [7, 11) is 0. The molecule has 0 aliphatic heterocycles. The van der Waals surface area contributed by atoms with Crippen LogP contribution in [0.5, 0.6) is 0 Å². The van der Waals surface area contributed by atoms with Crippen LogP contribution in [0.15, 0.2) is 12.2 Å². The minimum Gasteiger partial charge on any atom is -0.464 e. The minimum absolute atomic E-state index is 0.0523. The molecule has 76 valence electrons. The number of ether oxygens (including phenoxy) is 1. The molecule has 1 N–H and O–H groups in total. The number of alkyl halides is 1. The van der Waals surface area contributed by atoms with Gasteiger partial charge < -0.3 is 9.84 Å². The van der Waals surface area contributed by atoms with Crippen molar-refractivity contribution in [3.05, 3.63) is 12.2 Å². The van der Waals surface area contributed by atoms with E-state index in [1.807, 2.05) is 6.08 Å². The quantitative estimate of drug-likeness (QED) is 0.297. The van der Waals surface area contributed by atoms with Crippen LogP contribution in [0.4, 0.5) is 0 Å². The van der Waals surface area contributed by atoms with Crippen LogP contribution in [-0.2, 0) is 9.53 Å². The number of carbonyl (C=O) groups excluding carboxylic acids is 1. The summed E-state index contributed by atoms with van der Waals surface area (Å²) in [5.74, 6) is 0.133. The van der Waals surface area contributed by atoms with Crippen molar-refractivity contribution < 1.29 is 14.6 Å². The molecular weight excluding hydrogens is 192 g/mol. The van der Waals surface area contributed by atoms with Gasteiger partial charge in [-0.2, -0.15) is 0 Å². The van der Waals surface area contributed by atoms with Crippen molar-refractivity contribution in [1.82, 2.24) is 0 Å². The van der Waals surface area contributed by atoms with E-state index in [-0.39, 0.29) is 19.2 Å². The molecule has 4 heteroatoms. The lowest BCUT2D eigenvalue weighted by atomic mass is 10.2. The van der Waals surface area contributed by atoms with Gasteiger partial charge in [-0.1, -0.05) is 12.2 Å². The van der Waals surface area contributed by atoms with Gasteiger partial charge in [-0.3, -0.25) is 4.79 Å². The van der Waals surface area contributed by atoms with Gasteiger partial charge in [0.25, 0.3) is 0 Å². The van der Waals surface area contributed by atoms with E-state index in [0.717, 1.165) is 12.8 Å². The van der Waals surface area contributed by atoms with Gasteiger partial charge in [-0.25, -0.2) is 0 Å². The molecule has 0 fully saturated rings. The van der Waals surface area contributed by atoms with Gasteiger partial charge in [-0.15, -0.1) is 11.6 Å². The lowest BCUT2D eigenvalue weighted by Crippen LogP contribution is -2.05. The zero-order valence-electron chi connectivity index (χ0n) is 7.54. The average molecular weight is 207 g/mol. The van der Waals surface area contributed by atoms with Gasteiger partial charge in [0.2, 0.25) is 0 Å². The number of aliphatic hydroxyl groups excluding tert-OH is 1. The first-order chi connectivity index (χ1) is 6.31. The summed E-state index contributed by atoms with van der Waals surface area (Å²) in [5.41, 5.74) is 0. The Hall–Kier alpha value is -0.540. The topological polar surface area (TPSA) is 46.5 Å². The van der Waals surface area contributed by atoms with E-state index < -0.39 is 0 Å². The second-order valence-corrected chi connectivity index (χ2v) is 2.83. The summed E-state index contributed by atoms with van der Waals surface area (Å²) in [4.78, 5) is 10.9. The molecule has 0 aliphatic rings. The number of rotatable bonds is 7. The van der Waals surface area contributed by atoms with Gasteiger partial charge in [0.15, 0.2) is 0 Å². The van der Waals surface area contributed by atoms with Crippen molar-refractivity contribution in [2.75, 3.05) is 19.1 Å². The lowest BCUT2D eigenvalue weighted by Gasteiger charge is -2.00. The van der Waals surface area contributed by atoms with Crippen LogP contribution in [0, 0.1) is 0 Å². The molecule has 13 heavy (non-hydrogen) atoms. The molecule has 0 aromatic rings. The van der Waals surface area contributed by atoms with E-state index in [1.54, 1.807) is 6.08 Å². The predicted octanol–water partition coefficient (Wildman–Crippen LogP) is 1.49. The number of aliphatic hydroxyl groups is 1. The number of hydrogen-bond acceptors (Lipinski definition) is 3. The highest BCUT2D eigenvalue weighted by molar-refractivity contribution is 6.18. The van der Waals surface area contributed by atoms with Crippen LogP contribution in [0.3, 0.4) is 0 Å². The molecule has 0 bridgehead atoms. The zero-order valence-corrected chi connectivity index (χ0v) is 8.29. The van der Waals surface area contributed by atoms with E-state index in [4.69, 9.17) is 21.4 Å². The molecule has 0 aliphatic carbocycles. The molecule has 0 aromatic carbocycles. The van der Waals surface area contributed by atoms with Gasteiger partial charge in [-0.05, 0) is 12.8 Å². The van der Waals surface area contributed by atoms with Crippen molar-refractivity contribution in [3.63, 3.8) is 0 Å². The molecular formula is C9H15ClO3. The van der Waals surface area contributed by atoms with Gasteiger partial charge in [0, 0.05) is 6.42 Å². The molecule has 0 radical (unpaired) electrons.